The fourth-order valence-corrected chi connectivity index (χ4v) is 1.77. The Bertz CT molecular complexity index is 630. The highest BCUT2D eigenvalue weighted by Gasteiger charge is 2.02. The zero-order valence-electron chi connectivity index (χ0n) is 8.81. The van der Waals surface area contributed by atoms with Gasteiger partial charge in [-0.2, -0.15) is 0 Å². The van der Waals surface area contributed by atoms with Gasteiger partial charge in [-0.3, -0.25) is 0 Å². The number of hydrogen-bond donors (Lipinski definition) is 1. The number of aryl methyl sites for hydroxylation is 1. The minimum absolute atomic E-state index is 0.216. The van der Waals surface area contributed by atoms with Crippen LogP contribution < -0.4 is 0 Å². The van der Waals surface area contributed by atoms with E-state index in [0.29, 0.717) is 0 Å². The molecule has 1 aromatic heterocycles. The number of rotatable bonds is 0. The van der Waals surface area contributed by atoms with Crippen LogP contribution in [-0.4, -0.2) is 15.1 Å². The predicted octanol–water partition coefficient (Wildman–Crippen LogP) is 2.80. The lowest BCUT2D eigenvalue weighted by molar-refractivity contribution is 0.476. The van der Waals surface area contributed by atoms with Gasteiger partial charge < -0.3 is 5.11 Å². The number of fused-ring (bicyclic) bond motifs is 2. The van der Waals surface area contributed by atoms with Crippen LogP contribution in [0.5, 0.6) is 5.75 Å². The number of hydrogen-bond acceptors (Lipinski definition) is 3. The summed E-state index contributed by atoms with van der Waals surface area (Å²) in [5, 5.41) is 9.38. The predicted molar refractivity (Wildman–Crippen MR) is 63.4 cm³/mol. The van der Waals surface area contributed by atoms with Crippen LogP contribution in [0.3, 0.4) is 0 Å². The molecule has 2 aromatic carbocycles. The summed E-state index contributed by atoms with van der Waals surface area (Å²) in [6.45, 7) is 2.03. The molecular weight excluding hydrogens is 200 g/mol. The molecule has 78 valence electrons. The monoisotopic (exact) mass is 210 g/mol. The van der Waals surface area contributed by atoms with Crippen molar-refractivity contribution in [3.63, 3.8) is 0 Å². The van der Waals surface area contributed by atoms with Gasteiger partial charge in [0.2, 0.25) is 0 Å². The van der Waals surface area contributed by atoms with Crippen molar-refractivity contribution >= 4 is 22.1 Å². The first kappa shape index (κ1) is 9.09. The maximum Gasteiger partial charge on any atom is 0.117 e. The molecule has 0 radical (unpaired) electrons. The van der Waals surface area contributed by atoms with Crippen LogP contribution >= 0.6 is 0 Å². The number of aromatic hydroxyl groups is 1. The molecule has 0 fully saturated rings. The lowest BCUT2D eigenvalue weighted by Crippen LogP contribution is -1.87. The van der Waals surface area contributed by atoms with E-state index in [1.165, 1.54) is 5.56 Å². The molecule has 1 heterocycles. The summed E-state index contributed by atoms with van der Waals surface area (Å²) in [7, 11) is 0. The van der Waals surface area contributed by atoms with Gasteiger partial charge in [0.1, 0.15) is 5.75 Å². The van der Waals surface area contributed by atoms with Crippen LogP contribution in [0.2, 0.25) is 0 Å². The van der Waals surface area contributed by atoms with Crippen LogP contribution in [0.1, 0.15) is 5.56 Å². The van der Waals surface area contributed by atoms with Crippen LogP contribution in [0.15, 0.2) is 36.4 Å². The Morgan fingerprint density at radius 1 is 0.812 bits per heavy atom. The van der Waals surface area contributed by atoms with Crippen LogP contribution in [0.25, 0.3) is 22.1 Å². The largest absolute Gasteiger partial charge is 0.508 e. The third-order valence-corrected chi connectivity index (χ3v) is 2.57. The van der Waals surface area contributed by atoms with Crippen molar-refractivity contribution < 1.29 is 5.11 Å². The molecule has 0 aliphatic carbocycles. The molecular formula is C13H10N2O. The van der Waals surface area contributed by atoms with Crippen molar-refractivity contribution in [2.75, 3.05) is 0 Å². The number of phenols is 1. The smallest absolute Gasteiger partial charge is 0.117 e. The molecule has 0 atom stereocenters. The summed E-state index contributed by atoms with van der Waals surface area (Å²) in [6.07, 6.45) is 0. The molecule has 0 aliphatic heterocycles. The van der Waals surface area contributed by atoms with E-state index in [9.17, 15) is 5.11 Å². The van der Waals surface area contributed by atoms with E-state index in [4.69, 9.17) is 0 Å². The summed E-state index contributed by atoms with van der Waals surface area (Å²) in [5.41, 5.74) is 4.43. The van der Waals surface area contributed by atoms with Gasteiger partial charge in [0.25, 0.3) is 0 Å². The highest BCUT2D eigenvalue weighted by molar-refractivity contribution is 5.87. The summed E-state index contributed by atoms with van der Waals surface area (Å²) in [6, 6.07) is 11.0. The summed E-state index contributed by atoms with van der Waals surface area (Å²) < 4.78 is 0. The lowest BCUT2D eigenvalue weighted by Gasteiger charge is -2.02. The number of nitrogens with zero attached hydrogens (tertiary/aromatic N) is 2. The van der Waals surface area contributed by atoms with Gasteiger partial charge in [0, 0.05) is 6.07 Å². The molecule has 3 rings (SSSR count). The van der Waals surface area contributed by atoms with Gasteiger partial charge in [-0.25, -0.2) is 9.97 Å². The van der Waals surface area contributed by atoms with E-state index in [1.54, 1.807) is 18.2 Å². The van der Waals surface area contributed by atoms with E-state index in [-0.39, 0.29) is 5.75 Å². The second kappa shape index (κ2) is 3.17. The van der Waals surface area contributed by atoms with Gasteiger partial charge >= 0.3 is 0 Å². The Labute approximate surface area is 92.4 Å². The number of aromatic nitrogens is 2. The fourth-order valence-electron chi connectivity index (χ4n) is 1.77. The highest BCUT2D eigenvalue weighted by atomic mass is 16.3. The maximum absolute atomic E-state index is 9.38. The van der Waals surface area contributed by atoms with Crippen molar-refractivity contribution in [3.05, 3.63) is 42.0 Å². The van der Waals surface area contributed by atoms with E-state index >= 15 is 0 Å². The quantitative estimate of drug-likeness (QED) is 0.580. The molecule has 1 N–H and O–H groups in total. The number of phenolic OH excluding ortho intramolecular Hbond substituents is 1. The van der Waals surface area contributed by atoms with Gasteiger partial charge in [-0.05, 0) is 36.8 Å². The van der Waals surface area contributed by atoms with Crippen LogP contribution in [0, 0.1) is 6.92 Å². The SMILES string of the molecule is Cc1ccc2nc3cc(O)ccc3nc2c1. The second-order valence-electron chi connectivity index (χ2n) is 3.89. The van der Waals surface area contributed by atoms with E-state index in [0.717, 1.165) is 22.1 Å². The normalized spacial score (nSPS) is 11.1. The minimum atomic E-state index is 0.216. The van der Waals surface area contributed by atoms with Crippen molar-refractivity contribution in [1.82, 2.24) is 9.97 Å². The van der Waals surface area contributed by atoms with Gasteiger partial charge in [-0.15, -0.1) is 0 Å². The first-order valence-corrected chi connectivity index (χ1v) is 5.09. The Morgan fingerprint density at radius 3 is 2.19 bits per heavy atom. The third kappa shape index (κ3) is 1.37. The molecule has 0 aliphatic rings. The molecule has 0 amide bonds. The molecule has 16 heavy (non-hydrogen) atoms. The molecule has 0 saturated heterocycles. The zero-order chi connectivity index (χ0) is 11.1. The van der Waals surface area contributed by atoms with E-state index in [1.807, 2.05) is 25.1 Å². The third-order valence-electron chi connectivity index (χ3n) is 2.57. The average Bonchev–Trinajstić information content (AvgIpc) is 2.26. The average molecular weight is 210 g/mol. The number of benzene rings is 2. The topological polar surface area (TPSA) is 46.0 Å². The minimum Gasteiger partial charge on any atom is -0.508 e. The highest BCUT2D eigenvalue weighted by Crippen LogP contribution is 2.20. The molecule has 0 bridgehead atoms. The van der Waals surface area contributed by atoms with E-state index < -0.39 is 0 Å². The molecule has 3 aromatic rings. The first-order valence-electron chi connectivity index (χ1n) is 5.09. The Balaban J connectivity index is 2.44. The van der Waals surface area contributed by atoms with E-state index in [2.05, 4.69) is 9.97 Å². The maximum atomic E-state index is 9.38. The van der Waals surface area contributed by atoms with Crippen molar-refractivity contribution in [2.45, 2.75) is 6.92 Å². The molecule has 0 unspecified atom stereocenters. The summed E-state index contributed by atoms with van der Waals surface area (Å²) >= 11 is 0. The molecule has 3 nitrogen and oxygen atoms in total. The van der Waals surface area contributed by atoms with Crippen LogP contribution in [-0.2, 0) is 0 Å². The van der Waals surface area contributed by atoms with Gasteiger partial charge in [-0.1, -0.05) is 6.07 Å². The standard InChI is InChI=1S/C13H10N2O/c1-8-2-4-10-12(6-8)14-11-5-3-9(16)7-13(11)15-10/h2-7,16H,1H3. The molecule has 3 heteroatoms. The Kier molecular flexibility index (Phi) is 1.80. The van der Waals surface area contributed by atoms with Gasteiger partial charge in [0.05, 0.1) is 22.1 Å². The second-order valence-corrected chi connectivity index (χ2v) is 3.89. The first-order chi connectivity index (χ1) is 7.72. The Morgan fingerprint density at radius 2 is 1.44 bits per heavy atom. The molecule has 0 saturated carbocycles. The summed E-state index contributed by atoms with van der Waals surface area (Å²) in [5.74, 6) is 0.216. The summed E-state index contributed by atoms with van der Waals surface area (Å²) in [4.78, 5) is 8.96. The van der Waals surface area contributed by atoms with Gasteiger partial charge in [0.15, 0.2) is 0 Å². The fraction of sp³-hybridized carbons (Fsp3) is 0.0769. The lowest BCUT2D eigenvalue weighted by atomic mass is 10.2. The van der Waals surface area contributed by atoms with Crippen molar-refractivity contribution in [2.24, 2.45) is 0 Å². The molecule has 0 spiro atoms. The van der Waals surface area contributed by atoms with Crippen molar-refractivity contribution in [3.8, 4) is 5.75 Å². The Hall–Kier alpha value is -2.16. The zero-order valence-corrected chi connectivity index (χ0v) is 8.81. The van der Waals surface area contributed by atoms with Crippen molar-refractivity contribution in [1.29, 1.82) is 0 Å². The van der Waals surface area contributed by atoms with Crippen LogP contribution in [0.4, 0.5) is 0 Å².